The number of benzene rings is 2. The monoisotopic (exact) mass is 265 g/mol. The molecule has 20 heavy (non-hydrogen) atoms. The molecule has 0 aliphatic carbocycles. The predicted molar refractivity (Wildman–Crippen MR) is 79.9 cm³/mol. The Morgan fingerprint density at radius 1 is 1.20 bits per heavy atom. The molecule has 0 atom stereocenters. The number of fused-ring (bicyclic) bond motifs is 1. The zero-order valence-electron chi connectivity index (χ0n) is 11.2. The van der Waals surface area contributed by atoms with Crippen molar-refractivity contribution < 1.29 is 4.79 Å². The van der Waals surface area contributed by atoms with E-state index in [0.29, 0.717) is 5.56 Å². The number of H-pyrrole nitrogens is 1. The van der Waals surface area contributed by atoms with Crippen molar-refractivity contribution in [3.8, 4) is 0 Å². The van der Waals surface area contributed by atoms with E-state index in [1.54, 1.807) is 18.5 Å². The maximum atomic E-state index is 12.2. The number of hydrogen-bond donors (Lipinski definition) is 2. The molecule has 1 aromatic heterocycles. The Hall–Kier alpha value is -2.62. The molecule has 4 nitrogen and oxygen atoms in total. The first-order chi connectivity index (χ1) is 9.76. The lowest BCUT2D eigenvalue weighted by Crippen LogP contribution is -2.11. The maximum absolute atomic E-state index is 12.2. The van der Waals surface area contributed by atoms with Crippen LogP contribution >= 0.6 is 0 Å². The highest BCUT2D eigenvalue weighted by Crippen LogP contribution is 2.15. The third-order valence-electron chi connectivity index (χ3n) is 3.30. The van der Waals surface area contributed by atoms with Crippen LogP contribution in [0.15, 0.2) is 48.8 Å². The molecule has 1 heterocycles. The lowest BCUT2D eigenvalue weighted by molar-refractivity contribution is 0.102. The number of rotatable bonds is 3. The van der Waals surface area contributed by atoms with Crippen LogP contribution in [0.25, 0.3) is 11.0 Å². The van der Waals surface area contributed by atoms with E-state index in [1.807, 2.05) is 30.3 Å². The van der Waals surface area contributed by atoms with E-state index in [1.165, 1.54) is 5.56 Å². The third-order valence-corrected chi connectivity index (χ3v) is 3.30. The summed E-state index contributed by atoms with van der Waals surface area (Å²) >= 11 is 0. The molecular weight excluding hydrogens is 250 g/mol. The number of aryl methyl sites for hydroxylation is 1. The van der Waals surface area contributed by atoms with Crippen molar-refractivity contribution in [3.05, 3.63) is 59.9 Å². The van der Waals surface area contributed by atoms with E-state index in [9.17, 15) is 4.79 Å². The van der Waals surface area contributed by atoms with Gasteiger partial charge in [-0.05, 0) is 42.3 Å². The second-order valence-corrected chi connectivity index (χ2v) is 4.64. The number of nitrogens with one attached hydrogen (secondary N) is 2. The lowest BCUT2D eigenvalue weighted by Gasteiger charge is -2.06. The second-order valence-electron chi connectivity index (χ2n) is 4.64. The van der Waals surface area contributed by atoms with Gasteiger partial charge in [-0.1, -0.05) is 19.1 Å². The quantitative estimate of drug-likeness (QED) is 0.762. The van der Waals surface area contributed by atoms with Crippen LogP contribution in [0.2, 0.25) is 0 Å². The van der Waals surface area contributed by atoms with Gasteiger partial charge in [0.2, 0.25) is 0 Å². The van der Waals surface area contributed by atoms with E-state index in [-0.39, 0.29) is 5.91 Å². The standard InChI is InChI=1S/C16H15N3O/c1-2-11-3-6-13(7-4-11)19-16(20)12-5-8-14-15(9-12)18-10-17-14/h3-10H,2H2,1H3,(H,17,18)(H,19,20). The van der Waals surface area contributed by atoms with Crippen molar-refractivity contribution >= 4 is 22.6 Å². The Labute approximate surface area is 116 Å². The van der Waals surface area contributed by atoms with Crippen molar-refractivity contribution in [1.82, 2.24) is 9.97 Å². The summed E-state index contributed by atoms with van der Waals surface area (Å²) in [4.78, 5) is 19.3. The largest absolute Gasteiger partial charge is 0.345 e. The van der Waals surface area contributed by atoms with E-state index in [2.05, 4.69) is 22.2 Å². The summed E-state index contributed by atoms with van der Waals surface area (Å²) in [5.41, 5.74) is 4.38. The summed E-state index contributed by atoms with van der Waals surface area (Å²) in [6.07, 6.45) is 2.61. The topological polar surface area (TPSA) is 57.8 Å². The van der Waals surface area contributed by atoms with Crippen LogP contribution in [0.1, 0.15) is 22.8 Å². The fourth-order valence-electron chi connectivity index (χ4n) is 2.10. The van der Waals surface area contributed by atoms with Gasteiger partial charge in [0.05, 0.1) is 17.4 Å². The van der Waals surface area contributed by atoms with Crippen LogP contribution in [-0.4, -0.2) is 15.9 Å². The maximum Gasteiger partial charge on any atom is 0.255 e. The van der Waals surface area contributed by atoms with Crippen molar-refractivity contribution in [2.45, 2.75) is 13.3 Å². The Morgan fingerprint density at radius 3 is 2.75 bits per heavy atom. The van der Waals surface area contributed by atoms with E-state index in [0.717, 1.165) is 23.1 Å². The minimum Gasteiger partial charge on any atom is -0.345 e. The van der Waals surface area contributed by atoms with E-state index >= 15 is 0 Å². The zero-order chi connectivity index (χ0) is 13.9. The molecule has 3 aromatic rings. The minimum absolute atomic E-state index is 0.120. The fraction of sp³-hybridized carbons (Fsp3) is 0.125. The normalized spacial score (nSPS) is 10.7. The van der Waals surface area contributed by atoms with Gasteiger partial charge in [-0.25, -0.2) is 4.98 Å². The van der Waals surface area contributed by atoms with Crippen LogP contribution in [0, 0.1) is 0 Å². The number of anilines is 1. The van der Waals surface area contributed by atoms with E-state index < -0.39 is 0 Å². The highest BCUT2D eigenvalue weighted by atomic mass is 16.1. The van der Waals surface area contributed by atoms with E-state index in [4.69, 9.17) is 0 Å². The number of hydrogen-bond acceptors (Lipinski definition) is 2. The number of imidazole rings is 1. The molecule has 0 radical (unpaired) electrons. The number of carbonyl (C=O) groups is 1. The lowest BCUT2D eigenvalue weighted by atomic mass is 10.1. The van der Waals surface area contributed by atoms with Gasteiger partial charge in [-0.2, -0.15) is 0 Å². The Balaban J connectivity index is 1.80. The third kappa shape index (κ3) is 2.40. The summed E-state index contributed by atoms with van der Waals surface area (Å²) < 4.78 is 0. The molecule has 2 N–H and O–H groups in total. The molecule has 0 aliphatic heterocycles. The number of aromatic nitrogens is 2. The first kappa shape index (κ1) is 12.4. The van der Waals surface area contributed by atoms with Crippen LogP contribution in [-0.2, 0) is 6.42 Å². The van der Waals surface area contributed by atoms with Gasteiger partial charge in [-0.3, -0.25) is 4.79 Å². The fourth-order valence-corrected chi connectivity index (χ4v) is 2.10. The van der Waals surface area contributed by atoms with Crippen LogP contribution in [0.3, 0.4) is 0 Å². The number of carbonyl (C=O) groups excluding carboxylic acids is 1. The first-order valence-electron chi connectivity index (χ1n) is 6.59. The van der Waals surface area contributed by atoms with Crippen molar-refractivity contribution in [2.24, 2.45) is 0 Å². The van der Waals surface area contributed by atoms with Crippen LogP contribution < -0.4 is 5.32 Å². The van der Waals surface area contributed by atoms with Crippen molar-refractivity contribution in [2.75, 3.05) is 5.32 Å². The van der Waals surface area contributed by atoms with Crippen molar-refractivity contribution in [1.29, 1.82) is 0 Å². The Bertz CT molecular complexity index is 744. The summed E-state index contributed by atoms with van der Waals surface area (Å²) in [6.45, 7) is 2.10. The number of amides is 1. The molecule has 100 valence electrons. The van der Waals surface area contributed by atoms with Gasteiger partial charge < -0.3 is 10.3 Å². The predicted octanol–water partition coefficient (Wildman–Crippen LogP) is 3.38. The molecule has 0 unspecified atom stereocenters. The Morgan fingerprint density at radius 2 is 2.00 bits per heavy atom. The van der Waals surface area contributed by atoms with Crippen molar-refractivity contribution in [3.63, 3.8) is 0 Å². The average molecular weight is 265 g/mol. The molecule has 0 saturated heterocycles. The molecule has 4 heteroatoms. The van der Waals surface area contributed by atoms with Crippen LogP contribution in [0.4, 0.5) is 5.69 Å². The molecule has 0 aliphatic rings. The molecule has 3 rings (SSSR count). The summed E-state index contributed by atoms with van der Waals surface area (Å²) in [5.74, 6) is -0.120. The molecule has 0 bridgehead atoms. The second kappa shape index (κ2) is 5.17. The highest BCUT2D eigenvalue weighted by Gasteiger charge is 2.07. The molecule has 0 fully saturated rings. The minimum atomic E-state index is -0.120. The van der Waals surface area contributed by atoms with Gasteiger partial charge in [0, 0.05) is 11.3 Å². The number of nitrogens with zero attached hydrogens (tertiary/aromatic N) is 1. The van der Waals surface area contributed by atoms with Crippen LogP contribution in [0.5, 0.6) is 0 Å². The zero-order valence-corrected chi connectivity index (χ0v) is 11.2. The highest BCUT2D eigenvalue weighted by molar-refractivity contribution is 6.05. The first-order valence-corrected chi connectivity index (χ1v) is 6.59. The smallest absolute Gasteiger partial charge is 0.255 e. The molecule has 1 amide bonds. The van der Waals surface area contributed by atoms with Gasteiger partial charge in [0.25, 0.3) is 5.91 Å². The Kier molecular flexibility index (Phi) is 3.21. The van der Waals surface area contributed by atoms with Gasteiger partial charge in [0.1, 0.15) is 0 Å². The average Bonchev–Trinajstić information content (AvgIpc) is 2.95. The van der Waals surface area contributed by atoms with Gasteiger partial charge in [-0.15, -0.1) is 0 Å². The summed E-state index contributed by atoms with van der Waals surface area (Å²) in [6, 6.07) is 13.3. The molecule has 2 aromatic carbocycles. The molecule has 0 spiro atoms. The number of aromatic amines is 1. The summed E-state index contributed by atoms with van der Waals surface area (Å²) in [5, 5.41) is 2.89. The SMILES string of the molecule is CCc1ccc(NC(=O)c2ccc3nc[nH]c3c2)cc1. The van der Waals surface area contributed by atoms with Gasteiger partial charge in [0.15, 0.2) is 0 Å². The molecular formula is C16H15N3O. The van der Waals surface area contributed by atoms with Gasteiger partial charge >= 0.3 is 0 Å². The summed E-state index contributed by atoms with van der Waals surface area (Å²) in [7, 11) is 0. The molecule has 0 saturated carbocycles.